The summed E-state index contributed by atoms with van der Waals surface area (Å²) >= 11 is 8.14. The van der Waals surface area contributed by atoms with Gasteiger partial charge >= 0.3 is 0 Å². The van der Waals surface area contributed by atoms with Gasteiger partial charge in [0.25, 0.3) is 0 Å². The van der Waals surface area contributed by atoms with Crippen LogP contribution < -0.4 is 10.0 Å². The Labute approximate surface area is 164 Å². The SMILES string of the molecule is O=S(=O)(CCNc1nc(Cl)nc2ccc(I)cc12)Nc1ccccc1. The van der Waals surface area contributed by atoms with Gasteiger partial charge in [-0.15, -0.1) is 0 Å². The maximum absolute atomic E-state index is 12.2. The van der Waals surface area contributed by atoms with Crippen molar-refractivity contribution in [3.63, 3.8) is 0 Å². The molecule has 6 nitrogen and oxygen atoms in total. The number of aromatic nitrogens is 2. The third-order valence-electron chi connectivity index (χ3n) is 3.34. The van der Waals surface area contributed by atoms with E-state index in [1.807, 2.05) is 24.3 Å². The fraction of sp³-hybridized carbons (Fsp3) is 0.125. The van der Waals surface area contributed by atoms with E-state index in [4.69, 9.17) is 11.6 Å². The predicted molar refractivity (Wildman–Crippen MR) is 110 cm³/mol. The first kappa shape index (κ1) is 18.2. The van der Waals surface area contributed by atoms with Gasteiger partial charge in [0, 0.05) is 21.2 Å². The molecule has 0 bridgehead atoms. The summed E-state index contributed by atoms with van der Waals surface area (Å²) in [6.45, 7) is 0.191. The maximum Gasteiger partial charge on any atom is 0.234 e. The normalized spacial score (nSPS) is 11.4. The zero-order valence-electron chi connectivity index (χ0n) is 12.9. The van der Waals surface area contributed by atoms with Gasteiger partial charge in [-0.25, -0.2) is 18.4 Å². The largest absolute Gasteiger partial charge is 0.368 e. The highest BCUT2D eigenvalue weighted by Crippen LogP contribution is 2.24. The number of sulfonamides is 1. The van der Waals surface area contributed by atoms with Gasteiger partial charge in [-0.1, -0.05) is 18.2 Å². The summed E-state index contributed by atoms with van der Waals surface area (Å²) in [4.78, 5) is 8.34. The first-order valence-corrected chi connectivity index (χ1v) is 10.5. The van der Waals surface area contributed by atoms with Crippen LogP contribution in [0.3, 0.4) is 0 Å². The van der Waals surface area contributed by atoms with Gasteiger partial charge < -0.3 is 5.32 Å². The minimum atomic E-state index is -3.47. The van der Waals surface area contributed by atoms with Crippen LogP contribution in [0.15, 0.2) is 48.5 Å². The van der Waals surface area contributed by atoms with Gasteiger partial charge in [0.15, 0.2) is 0 Å². The van der Waals surface area contributed by atoms with Gasteiger partial charge in [0.2, 0.25) is 15.3 Å². The highest BCUT2D eigenvalue weighted by Gasteiger charge is 2.12. The Hall–Kier alpha value is -1.65. The number of halogens is 2. The molecule has 0 saturated heterocycles. The monoisotopic (exact) mass is 488 g/mol. The van der Waals surface area contributed by atoms with Crippen LogP contribution in [0.5, 0.6) is 0 Å². The lowest BCUT2D eigenvalue weighted by Crippen LogP contribution is -2.22. The van der Waals surface area contributed by atoms with Crippen molar-refractivity contribution < 1.29 is 8.42 Å². The average molecular weight is 489 g/mol. The van der Waals surface area contributed by atoms with Crippen molar-refractivity contribution in [2.24, 2.45) is 0 Å². The number of hydrogen-bond acceptors (Lipinski definition) is 5. The van der Waals surface area contributed by atoms with Gasteiger partial charge in [0.05, 0.1) is 11.3 Å². The van der Waals surface area contributed by atoms with Crippen LogP contribution in [0, 0.1) is 3.57 Å². The van der Waals surface area contributed by atoms with E-state index in [-0.39, 0.29) is 17.6 Å². The second-order valence-electron chi connectivity index (χ2n) is 5.22. The molecule has 0 unspecified atom stereocenters. The van der Waals surface area contributed by atoms with E-state index < -0.39 is 10.0 Å². The number of fused-ring (bicyclic) bond motifs is 1. The fourth-order valence-electron chi connectivity index (χ4n) is 2.25. The number of benzene rings is 2. The number of nitrogens with one attached hydrogen (secondary N) is 2. The molecule has 9 heteroatoms. The van der Waals surface area contributed by atoms with Crippen molar-refractivity contribution in [1.82, 2.24) is 9.97 Å². The fourth-order valence-corrected chi connectivity index (χ4v) is 3.88. The number of hydrogen-bond donors (Lipinski definition) is 2. The Morgan fingerprint density at radius 2 is 1.84 bits per heavy atom. The minimum absolute atomic E-state index is 0.102. The van der Waals surface area contributed by atoms with E-state index in [1.165, 1.54) is 0 Å². The summed E-state index contributed by atoms with van der Waals surface area (Å²) in [5, 5.41) is 3.95. The van der Waals surface area contributed by atoms with E-state index in [9.17, 15) is 8.42 Å². The van der Waals surface area contributed by atoms with Gasteiger partial charge in [-0.2, -0.15) is 0 Å². The molecule has 3 rings (SSSR count). The lowest BCUT2D eigenvalue weighted by molar-refractivity contribution is 0.601. The molecule has 2 N–H and O–H groups in total. The Balaban J connectivity index is 1.71. The maximum atomic E-state index is 12.2. The molecule has 0 aliphatic rings. The summed E-state index contributed by atoms with van der Waals surface area (Å²) in [6, 6.07) is 14.5. The molecule has 2 aromatic carbocycles. The molecule has 0 aliphatic heterocycles. The summed E-state index contributed by atoms with van der Waals surface area (Å²) in [7, 11) is -3.47. The molecule has 130 valence electrons. The first-order valence-electron chi connectivity index (χ1n) is 7.35. The highest BCUT2D eigenvalue weighted by atomic mass is 127. The van der Waals surface area contributed by atoms with Crippen LogP contribution in [0.2, 0.25) is 5.28 Å². The third-order valence-corrected chi connectivity index (χ3v) is 5.47. The molecule has 25 heavy (non-hydrogen) atoms. The number of anilines is 2. The summed E-state index contributed by atoms with van der Waals surface area (Å²) in [5.74, 6) is 0.415. The summed E-state index contributed by atoms with van der Waals surface area (Å²) in [6.07, 6.45) is 0. The van der Waals surface area contributed by atoms with E-state index in [2.05, 4.69) is 42.6 Å². The molecular formula is C16H14ClIN4O2S. The standard InChI is InChI=1S/C16H14ClIN4O2S/c17-16-20-14-7-6-11(18)10-13(14)15(21-16)19-8-9-25(23,24)22-12-4-2-1-3-5-12/h1-7,10,22H,8-9H2,(H,19,20,21). The van der Waals surface area contributed by atoms with Crippen LogP contribution in [-0.2, 0) is 10.0 Å². The second kappa shape index (κ2) is 7.71. The Morgan fingerprint density at radius 1 is 1.08 bits per heavy atom. The van der Waals surface area contributed by atoms with Crippen molar-refractivity contribution in [3.8, 4) is 0 Å². The summed E-state index contributed by atoms with van der Waals surface area (Å²) in [5.41, 5.74) is 1.24. The number of para-hydroxylation sites is 1. The molecule has 0 saturated carbocycles. The smallest absolute Gasteiger partial charge is 0.234 e. The topological polar surface area (TPSA) is 84.0 Å². The summed E-state index contributed by atoms with van der Waals surface area (Å²) < 4.78 is 27.9. The van der Waals surface area contributed by atoms with Crippen LogP contribution in [0.25, 0.3) is 10.9 Å². The van der Waals surface area contributed by atoms with Crippen LogP contribution >= 0.6 is 34.2 Å². The quantitative estimate of drug-likeness (QED) is 0.408. The lowest BCUT2D eigenvalue weighted by Gasteiger charge is -2.11. The molecule has 0 radical (unpaired) electrons. The molecule has 1 aromatic heterocycles. The van der Waals surface area contributed by atoms with Crippen molar-refractivity contribution in [1.29, 1.82) is 0 Å². The van der Waals surface area contributed by atoms with E-state index >= 15 is 0 Å². The second-order valence-corrected chi connectivity index (χ2v) is 8.64. The average Bonchev–Trinajstić information content (AvgIpc) is 2.55. The Bertz CT molecular complexity index is 1000. The van der Waals surface area contributed by atoms with Crippen LogP contribution in [-0.4, -0.2) is 30.7 Å². The van der Waals surface area contributed by atoms with E-state index in [0.29, 0.717) is 17.0 Å². The van der Waals surface area contributed by atoms with Crippen molar-refractivity contribution >= 4 is 66.6 Å². The third kappa shape index (κ3) is 4.93. The molecular weight excluding hydrogens is 475 g/mol. The zero-order valence-corrected chi connectivity index (χ0v) is 16.6. The molecule has 0 atom stereocenters. The molecule has 3 aromatic rings. The van der Waals surface area contributed by atoms with Gasteiger partial charge in [0.1, 0.15) is 5.82 Å². The van der Waals surface area contributed by atoms with Gasteiger partial charge in [-0.05, 0) is 64.5 Å². The van der Waals surface area contributed by atoms with E-state index in [1.54, 1.807) is 24.3 Å². The van der Waals surface area contributed by atoms with E-state index in [0.717, 1.165) is 8.96 Å². The zero-order chi connectivity index (χ0) is 17.9. The van der Waals surface area contributed by atoms with Gasteiger partial charge in [-0.3, -0.25) is 4.72 Å². The molecule has 0 aliphatic carbocycles. The van der Waals surface area contributed by atoms with Crippen molar-refractivity contribution in [2.45, 2.75) is 0 Å². The Morgan fingerprint density at radius 3 is 2.60 bits per heavy atom. The molecule has 0 spiro atoms. The van der Waals surface area contributed by atoms with Crippen LogP contribution in [0.1, 0.15) is 0 Å². The van der Waals surface area contributed by atoms with Crippen molar-refractivity contribution in [3.05, 3.63) is 57.4 Å². The lowest BCUT2D eigenvalue weighted by atomic mass is 10.2. The number of nitrogens with zero attached hydrogens (tertiary/aromatic N) is 2. The molecule has 1 heterocycles. The number of rotatable bonds is 6. The molecule has 0 fully saturated rings. The Kier molecular flexibility index (Phi) is 5.60. The first-order chi connectivity index (χ1) is 11.9. The van der Waals surface area contributed by atoms with Crippen molar-refractivity contribution in [2.75, 3.05) is 22.3 Å². The highest BCUT2D eigenvalue weighted by molar-refractivity contribution is 14.1. The predicted octanol–water partition coefficient (Wildman–Crippen LogP) is 3.74. The van der Waals surface area contributed by atoms with Crippen LogP contribution in [0.4, 0.5) is 11.5 Å². The minimum Gasteiger partial charge on any atom is -0.368 e. The molecule has 0 amide bonds.